The van der Waals surface area contributed by atoms with E-state index < -0.39 is 47.9 Å². The predicted octanol–water partition coefficient (Wildman–Crippen LogP) is -1.17. The van der Waals surface area contributed by atoms with E-state index in [1.54, 1.807) is 24.3 Å². The van der Waals surface area contributed by atoms with Crippen molar-refractivity contribution < 1.29 is 24.3 Å². The van der Waals surface area contributed by atoms with E-state index in [2.05, 4.69) is 33.6 Å². The molecule has 206 valence electrons. The van der Waals surface area contributed by atoms with Gasteiger partial charge in [0.2, 0.25) is 17.7 Å². The summed E-state index contributed by atoms with van der Waals surface area (Å²) in [5, 5.41) is 17.3. The number of thiol groups is 1. The first kappa shape index (κ1) is 32.1. The minimum atomic E-state index is -1.18. The van der Waals surface area contributed by atoms with E-state index in [0.29, 0.717) is 12.2 Å². The summed E-state index contributed by atoms with van der Waals surface area (Å²) in [6.07, 6.45) is 2.65. The fourth-order valence-electron chi connectivity index (χ4n) is 3.23. The van der Waals surface area contributed by atoms with Crippen LogP contribution in [0.1, 0.15) is 24.8 Å². The number of aliphatic imine (C=N–C) groups is 1. The summed E-state index contributed by atoms with van der Waals surface area (Å²) in [6, 6.07) is 4.83. The van der Waals surface area contributed by atoms with Crippen LogP contribution in [-0.4, -0.2) is 83.2 Å². The second kappa shape index (κ2) is 17.5. The maximum atomic E-state index is 13.3. The second-order valence-corrected chi connectivity index (χ2v) is 9.58. The second-order valence-electron chi connectivity index (χ2n) is 8.23. The quantitative estimate of drug-likeness (QED) is 0.0502. The highest BCUT2D eigenvalue weighted by atomic mass is 32.2. The first-order valence-electron chi connectivity index (χ1n) is 11.7. The molecule has 10 N–H and O–H groups in total. The largest absolute Gasteiger partial charge is 0.480 e. The van der Waals surface area contributed by atoms with Crippen molar-refractivity contribution in [2.45, 2.75) is 49.9 Å². The molecule has 0 aromatic heterocycles. The van der Waals surface area contributed by atoms with Crippen LogP contribution in [0.3, 0.4) is 0 Å². The number of aliphatic carboxylic acids is 1. The Kier molecular flexibility index (Phi) is 15.1. The molecular formula is C23H37N7O5S2. The molecular weight excluding hydrogens is 518 g/mol. The number of hydrogen-bond donors (Lipinski definition) is 8. The van der Waals surface area contributed by atoms with Gasteiger partial charge in [-0.2, -0.15) is 24.4 Å². The predicted molar refractivity (Wildman–Crippen MR) is 148 cm³/mol. The van der Waals surface area contributed by atoms with Gasteiger partial charge >= 0.3 is 5.97 Å². The van der Waals surface area contributed by atoms with Crippen molar-refractivity contribution in [1.82, 2.24) is 16.0 Å². The molecule has 0 radical (unpaired) electrons. The fourth-order valence-corrected chi connectivity index (χ4v) is 3.87. The van der Waals surface area contributed by atoms with E-state index in [9.17, 15) is 24.3 Å². The van der Waals surface area contributed by atoms with Crippen LogP contribution in [0, 0.1) is 0 Å². The lowest BCUT2D eigenvalue weighted by Gasteiger charge is -2.25. The molecule has 12 nitrogen and oxygen atoms in total. The number of nitrogens with two attached hydrogens (primary N) is 3. The molecule has 4 unspecified atom stereocenters. The van der Waals surface area contributed by atoms with E-state index in [1.165, 1.54) is 11.8 Å². The molecule has 0 spiro atoms. The average Bonchev–Trinajstić information content (AvgIpc) is 2.87. The Balaban J connectivity index is 3.10. The van der Waals surface area contributed by atoms with Crippen LogP contribution < -0.4 is 33.2 Å². The first-order chi connectivity index (χ1) is 17.6. The van der Waals surface area contributed by atoms with Crippen molar-refractivity contribution in [2.24, 2.45) is 22.2 Å². The number of nitrogens with one attached hydrogen (secondary N) is 3. The normalized spacial score (nSPS) is 13.9. The van der Waals surface area contributed by atoms with Gasteiger partial charge in [-0.05, 0) is 36.8 Å². The molecule has 0 fully saturated rings. The Labute approximate surface area is 226 Å². The van der Waals surface area contributed by atoms with Crippen molar-refractivity contribution in [2.75, 3.05) is 24.3 Å². The first-order valence-corrected chi connectivity index (χ1v) is 13.7. The number of nitrogens with zero attached hydrogens (tertiary/aromatic N) is 1. The maximum absolute atomic E-state index is 13.3. The van der Waals surface area contributed by atoms with E-state index in [-0.39, 0.29) is 37.5 Å². The standard InChI is InChI=1S/C23H37N7O5S2/c1-37-11-9-17(22(34)35)29-20(32)16(8-5-10-27-23(25)26)28-21(33)18(30-19(31)15(24)13-36)12-14-6-3-2-4-7-14/h2-4,6-7,15-18,36H,5,8-13,24H2,1H3,(H,28,33)(H,29,32)(H,30,31)(H,34,35)(H4,25,26,27). The molecule has 0 aliphatic rings. The van der Waals surface area contributed by atoms with Crippen LogP contribution in [0.25, 0.3) is 0 Å². The van der Waals surface area contributed by atoms with Gasteiger partial charge in [-0.1, -0.05) is 30.3 Å². The maximum Gasteiger partial charge on any atom is 0.326 e. The third kappa shape index (κ3) is 12.7. The summed E-state index contributed by atoms with van der Waals surface area (Å²) >= 11 is 5.48. The molecule has 0 saturated carbocycles. The number of thioether (sulfide) groups is 1. The van der Waals surface area contributed by atoms with Crippen molar-refractivity contribution in [3.8, 4) is 0 Å². The number of carboxylic acids is 1. The topological polar surface area (TPSA) is 215 Å². The van der Waals surface area contributed by atoms with Gasteiger partial charge in [0.05, 0.1) is 6.04 Å². The molecule has 37 heavy (non-hydrogen) atoms. The van der Waals surface area contributed by atoms with E-state index in [0.717, 1.165) is 5.56 Å². The number of carbonyl (C=O) groups is 4. The van der Waals surface area contributed by atoms with E-state index >= 15 is 0 Å². The third-order valence-corrected chi connectivity index (χ3v) is 6.29. The Morgan fingerprint density at radius 3 is 2.14 bits per heavy atom. The van der Waals surface area contributed by atoms with Crippen LogP contribution in [-0.2, 0) is 25.6 Å². The molecule has 0 aliphatic carbocycles. The van der Waals surface area contributed by atoms with Gasteiger partial charge in [-0.25, -0.2) is 4.79 Å². The molecule has 1 rings (SSSR count). The zero-order valence-electron chi connectivity index (χ0n) is 20.8. The third-order valence-electron chi connectivity index (χ3n) is 5.25. The summed E-state index contributed by atoms with van der Waals surface area (Å²) in [6.45, 7) is 0.206. The van der Waals surface area contributed by atoms with Gasteiger partial charge in [0, 0.05) is 18.7 Å². The molecule has 1 aromatic rings. The number of rotatable bonds is 17. The highest BCUT2D eigenvalue weighted by Crippen LogP contribution is 2.08. The number of hydrogen-bond acceptors (Lipinski definition) is 8. The number of benzene rings is 1. The van der Waals surface area contributed by atoms with Crippen molar-refractivity contribution in [1.29, 1.82) is 0 Å². The van der Waals surface area contributed by atoms with Gasteiger partial charge in [-0.15, -0.1) is 0 Å². The smallest absolute Gasteiger partial charge is 0.326 e. The van der Waals surface area contributed by atoms with Gasteiger partial charge in [0.1, 0.15) is 18.1 Å². The van der Waals surface area contributed by atoms with Crippen LogP contribution in [0.5, 0.6) is 0 Å². The Morgan fingerprint density at radius 1 is 0.973 bits per heavy atom. The molecule has 0 heterocycles. The molecule has 0 aliphatic heterocycles. The van der Waals surface area contributed by atoms with Crippen LogP contribution in [0.15, 0.2) is 35.3 Å². The van der Waals surface area contributed by atoms with E-state index in [1.807, 2.05) is 12.3 Å². The molecule has 4 atom stereocenters. The minimum absolute atomic E-state index is 0.0773. The number of amides is 3. The summed E-state index contributed by atoms with van der Waals surface area (Å²) in [7, 11) is 0. The van der Waals surface area contributed by atoms with Crippen molar-refractivity contribution in [3.05, 3.63) is 35.9 Å². The SMILES string of the molecule is CSCCC(NC(=O)C(CCCN=C(N)N)NC(=O)C(Cc1ccccc1)NC(=O)C(N)CS)C(=O)O. The number of carboxylic acid groups (broad SMARTS) is 1. The van der Waals surface area contributed by atoms with Crippen LogP contribution >= 0.6 is 24.4 Å². The highest BCUT2D eigenvalue weighted by molar-refractivity contribution is 7.98. The Bertz CT molecular complexity index is 916. The lowest BCUT2D eigenvalue weighted by atomic mass is 10.0. The Morgan fingerprint density at radius 2 is 1.57 bits per heavy atom. The lowest BCUT2D eigenvalue weighted by molar-refractivity contribution is -0.142. The molecule has 0 saturated heterocycles. The number of carbonyl (C=O) groups excluding carboxylic acids is 3. The van der Waals surface area contributed by atoms with E-state index in [4.69, 9.17) is 17.2 Å². The fraction of sp³-hybridized carbons (Fsp3) is 0.522. The Hall–Kier alpha value is -2.97. The molecule has 1 aromatic carbocycles. The number of guanidine groups is 1. The minimum Gasteiger partial charge on any atom is -0.480 e. The summed E-state index contributed by atoms with van der Waals surface area (Å²) in [5.74, 6) is -2.54. The van der Waals surface area contributed by atoms with Gasteiger partial charge in [0.25, 0.3) is 0 Å². The van der Waals surface area contributed by atoms with Gasteiger partial charge in [-0.3, -0.25) is 19.4 Å². The summed E-state index contributed by atoms with van der Waals surface area (Å²) in [5.41, 5.74) is 17.2. The van der Waals surface area contributed by atoms with Crippen LogP contribution in [0.2, 0.25) is 0 Å². The zero-order valence-corrected chi connectivity index (χ0v) is 22.5. The van der Waals surface area contributed by atoms with Gasteiger partial charge < -0.3 is 38.3 Å². The van der Waals surface area contributed by atoms with Crippen molar-refractivity contribution >= 4 is 54.0 Å². The highest BCUT2D eigenvalue weighted by Gasteiger charge is 2.30. The molecule has 3 amide bonds. The molecule has 14 heteroatoms. The summed E-state index contributed by atoms with van der Waals surface area (Å²) in [4.78, 5) is 54.3. The average molecular weight is 556 g/mol. The zero-order chi connectivity index (χ0) is 27.8. The van der Waals surface area contributed by atoms with Gasteiger partial charge in [0.15, 0.2) is 5.96 Å². The van der Waals surface area contributed by atoms with Crippen molar-refractivity contribution in [3.63, 3.8) is 0 Å². The molecule has 0 bridgehead atoms. The summed E-state index contributed by atoms with van der Waals surface area (Å²) < 4.78 is 0. The monoisotopic (exact) mass is 555 g/mol. The van der Waals surface area contributed by atoms with Crippen LogP contribution in [0.4, 0.5) is 0 Å². The lowest BCUT2D eigenvalue weighted by Crippen LogP contribution is -2.57.